The van der Waals surface area contributed by atoms with Gasteiger partial charge in [-0.05, 0) is 197 Å². The molecule has 0 saturated carbocycles. The molecule has 0 unspecified atom stereocenters. The maximum absolute atomic E-state index is 11.1. The van der Waals surface area contributed by atoms with Crippen molar-refractivity contribution in [2.24, 2.45) is 0 Å². The third-order valence-electron chi connectivity index (χ3n) is 12.8. The number of benzene rings is 5. The number of fused-ring (bicyclic) bond motifs is 10. The second-order valence-corrected chi connectivity index (χ2v) is 22.1. The first-order valence-electron chi connectivity index (χ1n) is 23.1. The quantitative estimate of drug-likeness (QED) is 0.153. The Balaban J connectivity index is 1.80. The number of allylic oxidation sites excluding steroid dienone is 7. The highest BCUT2D eigenvalue weighted by atomic mass is 14.3. The molecule has 0 radical (unpaired) electrons. The molecular formula is C63H61N5. The fourth-order valence-corrected chi connectivity index (χ4v) is 8.34. The van der Waals surface area contributed by atoms with Gasteiger partial charge in [0.25, 0.3) is 0 Å². The highest BCUT2D eigenvalue weighted by Crippen LogP contribution is 2.39. The summed E-state index contributed by atoms with van der Waals surface area (Å²) < 4.78 is 0. The van der Waals surface area contributed by atoms with E-state index in [0.29, 0.717) is 50.1 Å². The number of hydrogen-bond donors (Lipinski definition) is 0. The van der Waals surface area contributed by atoms with Gasteiger partial charge in [0.1, 0.15) is 12.1 Å². The van der Waals surface area contributed by atoms with Gasteiger partial charge < -0.3 is 0 Å². The van der Waals surface area contributed by atoms with Crippen molar-refractivity contribution in [2.45, 2.75) is 119 Å². The summed E-state index contributed by atoms with van der Waals surface area (Å²) in [4.78, 5) is 0. The number of nitriles is 5. The lowest BCUT2D eigenvalue weighted by Gasteiger charge is -2.23. The Kier molecular flexibility index (Phi) is 13.8. The van der Waals surface area contributed by atoms with E-state index in [4.69, 9.17) is 0 Å². The molecule has 0 saturated heterocycles. The summed E-state index contributed by atoms with van der Waals surface area (Å²) in [7, 11) is 0. The summed E-state index contributed by atoms with van der Waals surface area (Å²) in [5.74, 6) is 0. The molecule has 0 N–H and O–H groups in total. The molecule has 6 rings (SSSR count). The van der Waals surface area contributed by atoms with Crippen LogP contribution in [0.4, 0.5) is 0 Å². The van der Waals surface area contributed by atoms with E-state index in [9.17, 15) is 26.3 Å². The maximum atomic E-state index is 11.1. The Bertz CT molecular complexity index is 3260. The van der Waals surface area contributed by atoms with Crippen molar-refractivity contribution in [3.63, 3.8) is 0 Å². The van der Waals surface area contributed by atoms with Crippen LogP contribution in [-0.2, 0) is 21.7 Å². The van der Waals surface area contributed by atoms with Crippen LogP contribution in [0.15, 0.2) is 97.1 Å². The molecule has 0 aliphatic heterocycles. The first-order valence-corrected chi connectivity index (χ1v) is 23.1. The van der Waals surface area contributed by atoms with Gasteiger partial charge in [-0.2, -0.15) is 26.3 Å². The Morgan fingerprint density at radius 3 is 1.00 bits per heavy atom. The summed E-state index contributed by atoms with van der Waals surface area (Å²) in [5, 5.41) is 54.6. The van der Waals surface area contributed by atoms with Gasteiger partial charge in [0.15, 0.2) is 0 Å². The zero-order valence-electron chi connectivity index (χ0n) is 42.2. The van der Waals surface area contributed by atoms with Crippen molar-refractivity contribution >= 4 is 57.2 Å². The molecule has 0 spiro atoms. The second kappa shape index (κ2) is 18.9. The van der Waals surface area contributed by atoms with Gasteiger partial charge in [0.05, 0.1) is 46.1 Å². The van der Waals surface area contributed by atoms with Crippen LogP contribution in [0.1, 0.15) is 175 Å². The molecule has 5 aromatic rings. The molecule has 0 aromatic heterocycles. The molecule has 1 aliphatic rings. The first-order chi connectivity index (χ1) is 31.8. The normalized spacial score (nSPS) is 18.2. The minimum atomic E-state index is -0.299. The van der Waals surface area contributed by atoms with Gasteiger partial charge in [0, 0.05) is 0 Å². The number of hydrogen-bond acceptors (Lipinski definition) is 5. The Hall–Kier alpha value is -7.75. The van der Waals surface area contributed by atoms with Crippen molar-refractivity contribution in [1.29, 1.82) is 26.3 Å². The Morgan fingerprint density at radius 2 is 0.618 bits per heavy atom. The number of rotatable bonds is 0. The van der Waals surface area contributed by atoms with Crippen LogP contribution < -0.4 is 0 Å². The molecule has 0 atom stereocenters. The predicted octanol–water partition coefficient (Wildman–Crippen LogP) is 16.3. The lowest BCUT2D eigenvalue weighted by Crippen LogP contribution is -2.12. The summed E-state index contributed by atoms with van der Waals surface area (Å²) in [5.41, 5.74) is 14.1. The highest BCUT2D eigenvalue weighted by Gasteiger charge is 2.24. The minimum Gasteiger partial charge on any atom is -0.192 e. The van der Waals surface area contributed by atoms with Gasteiger partial charge in [-0.25, -0.2) is 0 Å². The smallest absolute Gasteiger partial charge is 0.100 e. The molecule has 68 heavy (non-hydrogen) atoms. The van der Waals surface area contributed by atoms with E-state index in [1.54, 1.807) is 0 Å². The van der Waals surface area contributed by atoms with Crippen LogP contribution in [0, 0.1) is 56.7 Å². The topological polar surface area (TPSA) is 119 Å². The van der Waals surface area contributed by atoms with E-state index in [0.717, 1.165) is 66.8 Å². The molecule has 10 bridgehead atoms. The van der Waals surface area contributed by atoms with E-state index < -0.39 is 0 Å². The summed E-state index contributed by atoms with van der Waals surface area (Å²) in [6.07, 6.45) is 5.63. The standard InChI is InChI=1S/C63H61N5/c1-39-45-26-48(31-56(28-45)62(9,10)11)53(36-66)23-43-21-50(33-55(25-43)61(6,7)8)59(38-68)40(2)46-27-49(32-57(29-46)63(12,13)14)52(35-65)22-42-20-47(30-54(24-42)60(3,4)5)51(34-64)19-41-16-15-17-44(18-41)58(39)37-67/h15-33H,1-14H3/b51-19+,52-22+,53-23+,58-39+,59-40+. The van der Waals surface area contributed by atoms with E-state index in [-0.39, 0.29) is 21.7 Å². The molecule has 1 aliphatic carbocycles. The molecule has 338 valence electrons. The second-order valence-electron chi connectivity index (χ2n) is 22.1. The van der Waals surface area contributed by atoms with Crippen molar-refractivity contribution < 1.29 is 0 Å². The minimum absolute atomic E-state index is 0.288. The van der Waals surface area contributed by atoms with Crippen LogP contribution in [0.3, 0.4) is 0 Å². The summed E-state index contributed by atoms with van der Waals surface area (Å²) in [6.45, 7) is 29.5. The van der Waals surface area contributed by atoms with E-state index in [1.165, 1.54) is 0 Å². The highest BCUT2D eigenvalue weighted by molar-refractivity contribution is 6.01. The molecule has 0 amide bonds. The van der Waals surface area contributed by atoms with Crippen molar-refractivity contribution in [3.8, 4) is 30.3 Å². The van der Waals surface area contributed by atoms with E-state index >= 15 is 0 Å². The van der Waals surface area contributed by atoms with E-state index in [1.807, 2.05) is 86.7 Å². The summed E-state index contributed by atoms with van der Waals surface area (Å²) in [6, 6.07) is 44.7. The van der Waals surface area contributed by atoms with Gasteiger partial charge in [-0.3, -0.25) is 0 Å². The van der Waals surface area contributed by atoms with Crippen molar-refractivity contribution in [1.82, 2.24) is 0 Å². The van der Waals surface area contributed by atoms with Gasteiger partial charge in [-0.1, -0.05) is 126 Å². The van der Waals surface area contributed by atoms with Crippen molar-refractivity contribution in [2.75, 3.05) is 0 Å². The van der Waals surface area contributed by atoms with Crippen LogP contribution in [0.25, 0.3) is 57.2 Å². The zero-order valence-corrected chi connectivity index (χ0v) is 42.2. The average Bonchev–Trinajstić information content (AvgIpc) is 3.27. The predicted molar refractivity (Wildman–Crippen MR) is 284 cm³/mol. The molecule has 0 heterocycles. The molecule has 5 nitrogen and oxygen atoms in total. The van der Waals surface area contributed by atoms with Gasteiger partial charge in [-0.15, -0.1) is 0 Å². The molecule has 5 heteroatoms. The average molecular weight is 888 g/mol. The first kappa shape index (κ1) is 49.7. The fraction of sp³-hybridized carbons (Fsp3) is 0.286. The maximum Gasteiger partial charge on any atom is 0.100 e. The SMILES string of the molecule is C/C1=C(/C#N)c2cccc(c2)/C=C(\C#N)c2cc(cc(C(C)(C)C)c2)/C=C(\C#N)c2cc(cc(C(C)(C)C)c2)/C(C)=C(\C#N)c2cc(cc(C(C)(C)C)c2)/C=C(\C#N)c2cc1cc(C(C)(C)C)c2. The molecular weight excluding hydrogens is 827 g/mol. The zero-order chi connectivity index (χ0) is 50.1. The van der Waals surface area contributed by atoms with Gasteiger partial charge in [0.2, 0.25) is 0 Å². The Labute approximate surface area is 405 Å². The van der Waals surface area contributed by atoms with E-state index in [2.05, 4.69) is 156 Å². The summed E-state index contributed by atoms with van der Waals surface area (Å²) >= 11 is 0. The van der Waals surface area contributed by atoms with Crippen LogP contribution in [-0.4, -0.2) is 0 Å². The number of nitrogens with zero attached hydrogens (tertiary/aromatic N) is 5. The monoisotopic (exact) mass is 887 g/mol. The third kappa shape index (κ3) is 10.9. The lowest BCUT2D eigenvalue weighted by atomic mass is 9.81. The lowest BCUT2D eigenvalue weighted by molar-refractivity contribution is 0.589. The van der Waals surface area contributed by atoms with Crippen LogP contribution in [0.5, 0.6) is 0 Å². The van der Waals surface area contributed by atoms with Crippen LogP contribution in [0.2, 0.25) is 0 Å². The largest absolute Gasteiger partial charge is 0.192 e. The molecule has 5 aromatic carbocycles. The third-order valence-corrected chi connectivity index (χ3v) is 12.8. The molecule has 0 fully saturated rings. The van der Waals surface area contributed by atoms with Crippen LogP contribution >= 0.6 is 0 Å². The van der Waals surface area contributed by atoms with Gasteiger partial charge >= 0.3 is 0 Å². The fourth-order valence-electron chi connectivity index (χ4n) is 8.34. The van der Waals surface area contributed by atoms with Crippen molar-refractivity contribution in [3.05, 3.63) is 175 Å². The Morgan fingerprint density at radius 1 is 0.309 bits per heavy atom.